The lowest BCUT2D eigenvalue weighted by Gasteiger charge is -2.07. The molecule has 0 aliphatic heterocycles. The van der Waals surface area contributed by atoms with Crippen molar-refractivity contribution in [1.29, 1.82) is 0 Å². The minimum absolute atomic E-state index is 0.00592. The summed E-state index contributed by atoms with van der Waals surface area (Å²) in [4.78, 5) is 4.21. The SMILES string of the molecule is Cc1cc(N=C(NO)c2nonc2COCCOc2ccccc2)ccc1F. The van der Waals surface area contributed by atoms with Gasteiger partial charge in [0.1, 0.15) is 23.9 Å². The van der Waals surface area contributed by atoms with Crippen molar-refractivity contribution in [3.63, 3.8) is 0 Å². The second kappa shape index (κ2) is 9.58. The normalized spacial score (nSPS) is 11.5. The van der Waals surface area contributed by atoms with E-state index in [2.05, 4.69) is 15.3 Å². The van der Waals surface area contributed by atoms with E-state index in [1.807, 2.05) is 35.8 Å². The van der Waals surface area contributed by atoms with Crippen molar-refractivity contribution >= 4 is 11.5 Å². The van der Waals surface area contributed by atoms with Gasteiger partial charge in [0, 0.05) is 0 Å². The number of hydroxylamine groups is 1. The molecule has 1 aromatic heterocycles. The summed E-state index contributed by atoms with van der Waals surface area (Å²) in [6.45, 7) is 2.38. The number of hydrogen-bond donors (Lipinski definition) is 2. The number of para-hydroxylation sites is 1. The Bertz CT molecular complexity index is 931. The highest BCUT2D eigenvalue weighted by Gasteiger charge is 2.17. The Balaban J connectivity index is 1.59. The van der Waals surface area contributed by atoms with Crippen LogP contribution < -0.4 is 10.2 Å². The van der Waals surface area contributed by atoms with Crippen molar-refractivity contribution in [1.82, 2.24) is 15.8 Å². The first-order chi connectivity index (χ1) is 13.7. The summed E-state index contributed by atoms with van der Waals surface area (Å²) < 4.78 is 29.2. The summed E-state index contributed by atoms with van der Waals surface area (Å²) >= 11 is 0. The first kappa shape index (κ1) is 19.5. The molecule has 0 aliphatic carbocycles. The number of aliphatic imine (C=N–C) groups is 1. The van der Waals surface area contributed by atoms with Gasteiger partial charge in [0.05, 0.1) is 18.9 Å². The number of aryl methyl sites for hydroxylation is 1. The minimum Gasteiger partial charge on any atom is -0.491 e. The lowest BCUT2D eigenvalue weighted by atomic mass is 10.2. The second-order valence-corrected chi connectivity index (χ2v) is 5.78. The lowest BCUT2D eigenvalue weighted by Crippen LogP contribution is -2.22. The van der Waals surface area contributed by atoms with Gasteiger partial charge in [-0.2, -0.15) is 0 Å². The van der Waals surface area contributed by atoms with E-state index in [1.54, 1.807) is 6.92 Å². The standard InChI is InChI=1S/C19H19FN4O4/c1-13-11-14(7-8-16(13)20)21-19(22-25)18-17(23-28-24-18)12-26-9-10-27-15-5-3-2-4-6-15/h2-8,11,25H,9-10,12H2,1H3,(H,21,22). The molecular formula is C19H19FN4O4. The topological polar surface area (TPSA) is 102 Å². The molecule has 0 amide bonds. The molecule has 0 atom stereocenters. The van der Waals surface area contributed by atoms with Crippen molar-refractivity contribution in [3.05, 3.63) is 71.3 Å². The molecule has 28 heavy (non-hydrogen) atoms. The molecule has 146 valence electrons. The average molecular weight is 386 g/mol. The number of ether oxygens (including phenoxy) is 2. The van der Waals surface area contributed by atoms with Crippen LogP contribution in [0.1, 0.15) is 17.0 Å². The molecule has 3 aromatic rings. The van der Waals surface area contributed by atoms with Gasteiger partial charge in [-0.1, -0.05) is 23.4 Å². The maximum absolute atomic E-state index is 13.4. The van der Waals surface area contributed by atoms with E-state index in [4.69, 9.17) is 14.1 Å². The molecule has 9 heteroatoms. The average Bonchev–Trinajstić information content (AvgIpc) is 3.17. The predicted octanol–water partition coefficient (Wildman–Crippen LogP) is 3.17. The third-order valence-electron chi connectivity index (χ3n) is 3.75. The van der Waals surface area contributed by atoms with Crippen LogP contribution in [0.15, 0.2) is 58.2 Å². The van der Waals surface area contributed by atoms with E-state index in [-0.39, 0.29) is 24.0 Å². The number of hydrogen-bond acceptors (Lipinski definition) is 7. The smallest absolute Gasteiger partial charge is 0.182 e. The zero-order chi connectivity index (χ0) is 19.8. The Kier molecular flexibility index (Phi) is 6.66. The van der Waals surface area contributed by atoms with E-state index in [0.717, 1.165) is 5.75 Å². The summed E-state index contributed by atoms with van der Waals surface area (Å²) in [5.41, 5.74) is 3.36. The van der Waals surface area contributed by atoms with Crippen LogP contribution in [0.2, 0.25) is 0 Å². The molecule has 0 radical (unpaired) electrons. The number of aromatic nitrogens is 2. The Hall–Kier alpha value is -3.30. The van der Waals surface area contributed by atoms with Gasteiger partial charge in [0.25, 0.3) is 0 Å². The lowest BCUT2D eigenvalue weighted by molar-refractivity contribution is 0.0849. The Morgan fingerprint density at radius 3 is 2.75 bits per heavy atom. The monoisotopic (exact) mass is 386 g/mol. The first-order valence-corrected chi connectivity index (χ1v) is 8.49. The summed E-state index contributed by atoms with van der Waals surface area (Å²) in [5.74, 6) is 0.419. The number of benzene rings is 2. The van der Waals surface area contributed by atoms with Gasteiger partial charge in [-0.3, -0.25) is 10.7 Å². The van der Waals surface area contributed by atoms with E-state index < -0.39 is 0 Å². The molecule has 0 bridgehead atoms. The fraction of sp³-hybridized carbons (Fsp3) is 0.211. The predicted molar refractivity (Wildman–Crippen MR) is 98.1 cm³/mol. The highest BCUT2D eigenvalue weighted by molar-refractivity contribution is 5.98. The molecule has 3 rings (SSSR count). The van der Waals surface area contributed by atoms with Crippen molar-refractivity contribution in [2.75, 3.05) is 13.2 Å². The number of halogens is 1. The van der Waals surface area contributed by atoms with Crippen molar-refractivity contribution in [3.8, 4) is 5.75 Å². The number of nitrogens with one attached hydrogen (secondary N) is 1. The van der Waals surface area contributed by atoms with Gasteiger partial charge in [0.2, 0.25) is 0 Å². The summed E-state index contributed by atoms with van der Waals surface area (Å²) in [5, 5.41) is 16.9. The van der Waals surface area contributed by atoms with E-state index >= 15 is 0 Å². The third kappa shape index (κ3) is 5.12. The van der Waals surface area contributed by atoms with Crippen LogP contribution in [-0.4, -0.2) is 34.6 Å². The second-order valence-electron chi connectivity index (χ2n) is 5.78. The Morgan fingerprint density at radius 2 is 2.00 bits per heavy atom. The summed E-state index contributed by atoms with van der Waals surface area (Å²) in [6, 6.07) is 13.7. The molecule has 2 aromatic carbocycles. The molecule has 2 N–H and O–H groups in total. The minimum atomic E-state index is -0.340. The van der Waals surface area contributed by atoms with E-state index in [9.17, 15) is 9.60 Å². The van der Waals surface area contributed by atoms with Crippen LogP contribution in [0.4, 0.5) is 10.1 Å². The van der Waals surface area contributed by atoms with Crippen LogP contribution in [-0.2, 0) is 11.3 Å². The maximum Gasteiger partial charge on any atom is 0.182 e. The number of rotatable bonds is 8. The zero-order valence-corrected chi connectivity index (χ0v) is 15.1. The van der Waals surface area contributed by atoms with Crippen LogP contribution in [0.25, 0.3) is 0 Å². The van der Waals surface area contributed by atoms with Gasteiger partial charge in [0.15, 0.2) is 11.5 Å². The number of amidine groups is 1. The molecular weight excluding hydrogens is 367 g/mol. The zero-order valence-electron chi connectivity index (χ0n) is 15.1. The van der Waals surface area contributed by atoms with Crippen molar-refractivity contribution < 1.29 is 23.7 Å². The van der Waals surface area contributed by atoms with Gasteiger partial charge in [-0.25, -0.2) is 14.0 Å². The highest BCUT2D eigenvalue weighted by Crippen LogP contribution is 2.18. The molecule has 0 saturated heterocycles. The molecule has 8 nitrogen and oxygen atoms in total. The van der Waals surface area contributed by atoms with E-state index in [1.165, 1.54) is 18.2 Å². The van der Waals surface area contributed by atoms with Crippen LogP contribution in [0.5, 0.6) is 5.75 Å². The molecule has 0 spiro atoms. The van der Waals surface area contributed by atoms with Crippen LogP contribution in [0, 0.1) is 12.7 Å². The largest absolute Gasteiger partial charge is 0.491 e. The van der Waals surface area contributed by atoms with Gasteiger partial charge in [-0.15, -0.1) is 0 Å². The molecule has 1 heterocycles. The van der Waals surface area contributed by atoms with Crippen LogP contribution >= 0.6 is 0 Å². The number of nitrogens with zero attached hydrogens (tertiary/aromatic N) is 3. The molecule has 0 saturated carbocycles. The summed E-state index contributed by atoms with van der Waals surface area (Å²) in [7, 11) is 0. The van der Waals surface area contributed by atoms with Gasteiger partial charge >= 0.3 is 0 Å². The first-order valence-electron chi connectivity index (χ1n) is 8.49. The molecule has 0 aliphatic rings. The van der Waals surface area contributed by atoms with Gasteiger partial charge in [-0.05, 0) is 48.0 Å². The maximum atomic E-state index is 13.4. The molecule has 0 unspecified atom stereocenters. The quantitative estimate of drug-likeness (QED) is 0.265. The fourth-order valence-corrected chi connectivity index (χ4v) is 2.34. The van der Waals surface area contributed by atoms with Crippen molar-refractivity contribution in [2.45, 2.75) is 13.5 Å². The van der Waals surface area contributed by atoms with Crippen molar-refractivity contribution in [2.24, 2.45) is 4.99 Å². The summed E-state index contributed by atoms with van der Waals surface area (Å²) in [6.07, 6.45) is 0. The third-order valence-corrected chi connectivity index (χ3v) is 3.75. The highest BCUT2D eigenvalue weighted by atomic mass is 19.1. The van der Waals surface area contributed by atoms with Gasteiger partial charge < -0.3 is 9.47 Å². The fourth-order valence-electron chi connectivity index (χ4n) is 2.34. The van der Waals surface area contributed by atoms with E-state index in [0.29, 0.717) is 30.2 Å². The Morgan fingerprint density at radius 1 is 1.18 bits per heavy atom. The Labute approximate surface area is 160 Å². The molecule has 0 fully saturated rings. The van der Waals surface area contributed by atoms with Crippen LogP contribution in [0.3, 0.4) is 0 Å².